The van der Waals surface area contributed by atoms with Gasteiger partial charge in [0.1, 0.15) is 5.60 Å². The van der Waals surface area contributed by atoms with Crippen LogP contribution in [0.3, 0.4) is 0 Å². The number of hydrogen-bond acceptors (Lipinski definition) is 3. The molecular formula is C14H12N2O. The maximum absolute atomic E-state index is 10.5. The van der Waals surface area contributed by atoms with Crippen LogP contribution in [-0.2, 0) is 5.60 Å². The predicted molar refractivity (Wildman–Crippen MR) is 64.1 cm³/mol. The van der Waals surface area contributed by atoms with E-state index in [0.29, 0.717) is 5.56 Å². The Hall–Kier alpha value is -2.18. The molecule has 0 aliphatic rings. The number of nitrogens with zero attached hydrogens (tertiary/aromatic N) is 2. The van der Waals surface area contributed by atoms with Gasteiger partial charge in [0, 0.05) is 18.0 Å². The van der Waals surface area contributed by atoms with E-state index in [9.17, 15) is 5.11 Å². The predicted octanol–water partition coefficient (Wildman–Crippen LogP) is 2.21. The Kier molecular flexibility index (Phi) is 2.90. The highest BCUT2D eigenvalue weighted by molar-refractivity contribution is 5.38. The highest BCUT2D eigenvalue weighted by Crippen LogP contribution is 2.28. The van der Waals surface area contributed by atoms with Crippen LogP contribution in [-0.4, -0.2) is 10.1 Å². The fraction of sp³-hybridized carbons (Fsp3) is 0.143. The molecule has 0 saturated carbocycles. The summed E-state index contributed by atoms with van der Waals surface area (Å²) in [5, 5.41) is 19.2. The van der Waals surface area contributed by atoms with Crippen LogP contribution >= 0.6 is 0 Å². The monoisotopic (exact) mass is 224 g/mol. The number of hydrogen-bond donors (Lipinski definition) is 1. The topological polar surface area (TPSA) is 56.9 Å². The van der Waals surface area contributed by atoms with Crippen LogP contribution in [0.25, 0.3) is 0 Å². The SMILES string of the molecule is CC(O)(c1ccc(C#N)cc1)c1cccnc1. The standard InChI is InChI=1S/C14H12N2O/c1-14(17,13-3-2-8-16-10-13)12-6-4-11(9-15)5-7-12/h2-8,10,17H,1H3. The Balaban J connectivity index is 2.41. The van der Waals surface area contributed by atoms with Crippen molar-refractivity contribution in [3.63, 3.8) is 0 Å². The summed E-state index contributed by atoms with van der Waals surface area (Å²) in [6.45, 7) is 1.71. The zero-order valence-electron chi connectivity index (χ0n) is 9.46. The third kappa shape index (κ3) is 2.17. The average Bonchev–Trinajstić information content (AvgIpc) is 2.40. The summed E-state index contributed by atoms with van der Waals surface area (Å²) >= 11 is 0. The molecule has 1 aromatic heterocycles. The highest BCUT2D eigenvalue weighted by atomic mass is 16.3. The second-order valence-corrected chi connectivity index (χ2v) is 4.00. The van der Waals surface area contributed by atoms with Crippen molar-refractivity contribution in [2.45, 2.75) is 12.5 Å². The van der Waals surface area contributed by atoms with Gasteiger partial charge in [-0.05, 0) is 30.7 Å². The van der Waals surface area contributed by atoms with Crippen LogP contribution in [0.1, 0.15) is 23.6 Å². The molecule has 84 valence electrons. The summed E-state index contributed by atoms with van der Waals surface area (Å²) in [5.41, 5.74) is 0.951. The second kappa shape index (κ2) is 4.36. The van der Waals surface area contributed by atoms with Gasteiger partial charge in [0.25, 0.3) is 0 Å². The van der Waals surface area contributed by atoms with Crippen molar-refractivity contribution in [3.05, 3.63) is 65.5 Å². The number of aliphatic hydroxyl groups is 1. The molecule has 1 atom stereocenters. The van der Waals surface area contributed by atoms with Crippen LogP contribution in [0, 0.1) is 11.3 Å². The van der Waals surface area contributed by atoms with E-state index in [4.69, 9.17) is 5.26 Å². The summed E-state index contributed by atoms with van der Waals surface area (Å²) in [4.78, 5) is 4.00. The zero-order valence-corrected chi connectivity index (χ0v) is 9.46. The van der Waals surface area contributed by atoms with E-state index in [0.717, 1.165) is 11.1 Å². The Labute approximate surface area is 100.0 Å². The summed E-state index contributed by atoms with van der Waals surface area (Å²) in [6.07, 6.45) is 3.30. The van der Waals surface area contributed by atoms with Crippen LogP contribution in [0.15, 0.2) is 48.8 Å². The minimum atomic E-state index is -1.09. The van der Waals surface area contributed by atoms with Gasteiger partial charge in [-0.3, -0.25) is 4.98 Å². The molecular weight excluding hydrogens is 212 g/mol. The number of rotatable bonds is 2. The summed E-state index contributed by atoms with van der Waals surface area (Å²) in [7, 11) is 0. The van der Waals surface area contributed by atoms with Crippen LogP contribution in [0.5, 0.6) is 0 Å². The van der Waals surface area contributed by atoms with E-state index in [1.54, 1.807) is 49.6 Å². The van der Waals surface area contributed by atoms with Crippen molar-refractivity contribution in [2.75, 3.05) is 0 Å². The maximum Gasteiger partial charge on any atom is 0.113 e. The van der Waals surface area contributed by atoms with Crippen molar-refractivity contribution < 1.29 is 5.11 Å². The first-order valence-corrected chi connectivity index (χ1v) is 5.28. The lowest BCUT2D eigenvalue weighted by molar-refractivity contribution is 0.102. The molecule has 0 saturated heterocycles. The lowest BCUT2D eigenvalue weighted by Gasteiger charge is -2.24. The van der Waals surface area contributed by atoms with Crippen LogP contribution in [0.4, 0.5) is 0 Å². The molecule has 1 aromatic carbocycles. The molecule has 0 amide bonds. The largest absolute Gasteiger partial charge is 0.381 e. The van der Waals surface area contributed by atoms with Gasteiger partial charge in [0.2, 0.25) is 0 Å². The van der Waals surface area contributed by atoms with Gasteiger partial charge in [-0.15, -0.1) is 0 Å². The number of aromatic nitrogens is 1. The summed E-state index contributed by atoms with van der Waals surface area (Å²) < 4.78 is 0. The van der Waals surface area contributed by atoms with Crippen molar-refractivity contribution in [2.24, 2.45) is 0 Å². The Morgan fingerprint density at radius 2 is 1.88 bits per heavy atom. The summed E-state index contributed by atoms with van der Waals surface area (Å²) in [6, 6.07) is 12.6. The minimum absolute atomic E-state index is 0.579. The van der Waals surface area contributed by atoms with Gasteiger partial charge in [-0.2, -0.15) is 5.26 Å². The van der Waals surface area contributed by atoms with E-state index in [1.165, 1.54) is 0 Å². The van der Waals surface area contributed by atoms with Gasteiger partial charge in [0.15, 0.2) is 0 Å². The molecule has 17 heavy (non-hydrogen) atoms. The van der Waals surface area contributed by atoms with Crippen molar-refractivity contribution in [1.29, 1.82) is 5.26 Å². The molecule has 0 bridgehead atoms. The lowest BCUT2D eigenvalue weighted by atomic mass is 9.89. The first kappa shape index (κ1) is 11.3. The van der Waals surface area contributed by atoms with Crippen molar-refractivity contribution in [3.8, 4) is 6.07 Å². The van der Waals surface area contributed by atoms with Gasteiger partial charge < -0.3 is 5.11 Å². The quantitative estimate of drug-likeness (QED) is 0.850. The van der Waals surface area contributed by atoms with Gasteiger partial charge in [0.05, 0.1) is 11.6 Å². The van der Waals surface area contributed by atoms with Crippen LogP contribution in [0.2, 0.25) is 0 Å². The molecule has 0 aliphatic carbocycles. The molecule has 3 heteroatoms. The fourth-order valence-electron chi connectivity index (χ4n) is 1.69. The molecule has 1 unspecified atom stereocenters. The van der Waals surface area contributed by atoms with Crippen LogP contribution < -0.4 is 0 Å². The number of benzene rings is 1. The van der Waals surface area contributed by atoms with E-state index < -0.39 is 5.60 Å². The van der Waals surface area contributed by atoms with Crippen molar-refractivity contribution >= 4 is 0 Å². The minimum Gasteiger partial charge on any atom is -0.381 e. The van der Waals surface area contributed by atoms with Gasteiger partial charge in [-0.25, -0.2) is 0 Å². The van der Waals surface area contributed by atoms with E-state index in [2.05, 4.69) is 11.1 Å². The fourth-order valence-corrected chi connectivity index (χ4v) is 1.69. The summed E-state index contributed by atoms with van der Waals surface area (Å²) in [5.74, 6) is 0. The normalized spacial score (nSPS) is 13.7. The molecule has 0 radical (unpaired) electrons. The van der Waals surface area contributed by atoms with E-state index in [-0.39, 0.29) is 0 Å². The third-order valence-corrected chi connectivity index (χ3v) is 2.80. The first-order chi connectivity index (χ1) is 8.14. The van der Waals surface area contributed by atoms with Crippen molar-refractivity contribution in [1.82, 2.24) is 4.98 Å². The highest BCUT2D eigenvalue weighted by Gasteiger charge is 2.25. The Morgan fingerprint density at radius 3 is 2.41 bits per heavy atom. The van der Waals surface area contributed by atoms with Gasteiger partial charge in [-0.1, -0.05) is 18.2 Å². The van der Waals surface area contributed by atoms with E-state index in [1.807, 2.05) is 6.07 Å². The maximum atomic E-state index is 10.5. The Morgan fingerprint density at radius 1 is 1.18 bits per heavy atom. The molecule has 2 rings (SSSR count). The Bertz CT molecular complexity index is 539. The molecule has 2 aromatic rings. The average molecular weight is 224 g/mol. The molecule has 1 N–H and O–H groups in total. The first-order valence-electron chi connectivity index (χ1n) is 5.28. The molecule has 0 spiro atoms. The molecule has 0 aliphatic heterocycles. The molecule has 0 fully saturated rings. The number of nitriles is 1. The zero-order chi connectivity index (χ0) is 12.3. The second-order valence-electron chi connectivity index (χ2n) is 4.00. The number of pyridine rings is 1. The smallest absolute Gasteiger partial charge is 0.113 e. The lowest BCUT2D eigenvalue weighted by Crippen LogP contribution is -2.22. The van der Waals surface area contributed by atoms with E-state index >= 15 is 0 Å². The molecule has 1 heterocycles. The third-order valence-electron chi connectivity index (χ3n) is 2.80. The van der Waals surface area contributed by atoms with Gasteiger partial charge >= 0.3 is 0 Å². The molecule has 3 nitrogen and oxygen atoms in total.